The molecule has 3 aliphatic rings. The van der Waals surface area contributed by atoms with Crippen LogP contribution in [0.4, 0.5) is 28.4 Å². The lowest BCUT2D eigenvalue weighted by Crippen LogP contribution is -2.62. The lowest BCUT2D eigenvalue weighted by atomic mass is 9.42. The molecule has 0 atom stereocenters. The summed E-state index contributed by atoms with van der Waals surface area (Å²) in [5.74, 6) is 0. The molecule has 8 aromatic rings. The SMILES string of the molecule is CC(C)(C)c1cc2c3c(c1)N1c4cc5ccccc5cc4C(C)(C)c4cccc(c41)B3N(c1cccc(-c3ccccc3)c1)c1ccc(-c3ccccc3)cc1-2. The molecule has 56 heavy (non-hydrogen) atoms. The average Bonchev–Trinajstić information content (AvgIpc) is 3.22. The fraction of sp³-hybridized carbons (Fsp3) is 0.132. The van der Waals surface area contributed by atoms with E-state index in [4.69, 9.17) is 0 Å². The standard InChI is InChI=1S/C53H43BN2/c1-52(2,3)40-32-43-42-29-39(35-18-10-7-11-19-35)26-27-47(42)56(41-23-14-22-36(28-41)34-16-8-6-9-17-34)54-46-25-15-24-44-51(46)55(49(33-40)50(43)54)48-31-38-21-13-12-20-37(38)30-45(48)53(44,4)5/h6-33H,1-5H3. The first-order valence-electron chi connectivity index (χ1n) is 20.0. The van der Waals surface area contributed by atoms with Gasteiger partial charge in [0.1, 0.15) is 0 Å². The summed E-state index contributed by atoms with van der Waals surface area (Å²) in [6, 6.07) is 63.8. The van der Waals surface area contributed by atoms with Crippen LogP contribution in [0, 0.1) is 0 Å². The summed E-state index contributed by atoms with van der Waals surface area (Å²) in [6.07, 6.45) is 0. The van der Waals surface area contributed by atoms with E-state index in [1.807, 2.05) is 0 Å². The number of hydrogen-bond donors (Lipinski definition) is 0. The summed E-state index contributed by atoms with van der Waals surface area (Å²) in [5, 5.41) is 2.55. The Balaban J connectivity index is 1.27. The van der Waals surface area contributed by atoms with Gasteiger partial charge in [0.25, 0.3) is 0 Å². The number of fused-ring (bicyclic) bond motifs is 7. The van der Waals surface area contributed by atoms with E-state index in [9.17, 15) is 0 Å². The number of rotatable bonds is 3. The molecular weight excluding hydrogens is 675 g/mol. The van der Waals surface area contributed by atoms with Crippen LogP contribution < -0.4 is 20.6 Å². The Morgan fingerprint density at radius 3 is 1.84 bits per heavy atom. The number of anilines is 5. The molecule has 0 saturated heterocycles. The maximum Gasteiger partial charge on any atom is 0.333 e. The van der Waals surface area contributed by atoms with E-state index in [1.54, 1.807) is 0 Å². The fourth-order valence-corrected chi connectivity index (χ4v) is 9.82. The quantitative estimate of drug-likeness (QED) is 0.168. The van der Waals surface area contributed by atoms with Gasteiger partial charge in [-0.15, -0.1) is 0 Å². The zero-order valence-electron chi connectivity index (χ0n) is 32.6. The van der Waals surface area contributed by atoms with Crippen molar-refractivity contribution in [2.45, 2.75) is 45.4 Å². The third-order valence-corrected chi connectivity index (χ3v) is 12.7. The molecule has 3 heteroatoms. The van der Waals surface area contributed by atoms with Gasteiger partial charge in [-0.1, -0.05) is 162 Å². The van der Waals surface area contributed by atoms with Crippen molar-refractivity contribution >= 4 is 57.0 Å². The van der Waals surface area contributed by atoms with Crippen molar-refractivity contribution in [3.05, 3.63) is 187 Å². The van der Waals surface area contributed by atoms with Gasteiger partial charge >= 0.3 is 6.85 Å². The van der Waals surface area contributed by atoms with Crippen molar-refractivity contribution in [1.29, 1.82) is 0 Å². The van der Waals surface area contributed by atoms with Gasteiger partial charge in [0.2, 0.25) is 0 Å². The smallest absolute Gasteiger partial charge is 0.333 e. The number of para-hydroxylation sites is 1. The third-order valence-electron chi connectivity index (χ3n) is 12.7. The average molecular weight is 719 g/mol. The lowest BCUT2D eigenvalue weighted by molar-refractivity contribution is 0.590. The summed E-state index contributed by atoms with van der Waals surface area (Å²) < 4.78 is 0. The monoisotopic (exact) mass is 718 g/mol. The Kier molecular flexibility index (Phi) is 6.99. The van der Waals surface area contributed by atoms with Crippen LogP contribution in [0.2, 0.25) is 0 Å². The molecule has 8 aromatic carbocycles. The van der Waals surface area contributed by atoms with Crippen LogP contribution in [-0.4, -0.2) is 6.85 Å². The highest BCUT2D eigenvalue weighted by atomic mass is 15.2. The van der Waals surface area contributed by atoms with Crippen LogP contribution in [0.5, 0.6) is 0 Å². The summed E-state index contributed by atoms with van der Waals surface area (Å²) in [5.41, 5.74) is 20.3. The van der Waals surface area contributed by atoms with Gasteiger partial charge in [-0.3, -0.25) is 0 Å². The summed E-state index contributed by atoms with van der Waals surface area (Å²) >= 11 is 0. The van der Waals surface area contributed by atoms with E-state index in [-0.39, 0.29) is 17.7 Å². The van der Waals surface area contributed by atoms with E-state index < -0.39 is 0 Å². The van der Waals surface area contributed by atoms with E-state index >= 15 is 0 Å². The van der Waals surface area contributed by atoms with Crippen LogP contribution in [0.25, 0.3) is 44.2 Å². The topological polar surface area (TPSA) is 6.48 Å². The Labute approximate surface area is 330 Å². The molecule has 0 amide bonds. The van der Waals surface area contributed by atoms with Gasteiger partial charge in [-0.2, -0.15) is 0 Å². The van der Waals surface area contributed by atoms with Gasteiger partial charge < -0.3 is 9.71 Å². The van der Waals surface area contributed by atoms with Crippen molar-refractivity contribution in [2.24, 2.45) is 0 Å². The van der Waals surface area contributed by atoms with Crippen molar-refractivity contribution in [3.63, 3.8) is 0 Å². The van der Waals surface area contributed by atoms with Crippen molar-refractivity contribution in [1.82, 2.24) is 0 Å². The van der Waals surface area contributed by atoms with Gasteiger partial charge in [0, 0.05) is 33.7 Å². The van der Waals surface area contributed by atoms with Crippen LogP contribution in [0.15, 0.2) is 170 Å². The Morgan fingerprint density at radius 2 is 1.12 bits per heavy atom. The van der Waals surface area contributed by atoms with Crippen molar-refractivity contribution < 1.29 is 0 Å². The minimum Gasteiger partial charge on any atom is -0.376 e. The van der Waals surface area contributed by atoms with Crippen LogP contribution in [0.1, 0.15) is 51.3 Å². The molecule has 0 N–H and O–H groups in total. The molecule has 0 fully saturated rings. The molecule has 0 unspecified atom stereocenters. The molecule has 3 heterocycles. The molecule has 0 bridgehead atoms. The molecule has 0 radical (unpaired) electrons. The first-order chi connectivity index (χ1) is 27.2. The second-order valence-corrected chi connectivity index (χ2v) is 17.4. The minimum absolute atomic E-state index is 0.0425. The predicted molar refractivity (Wildman–Crippen MR) is 239 cm³/mol. The third kappa shape index (κ3) is 4.76. The Bertz CT molecular complexity index is 2880. The molecule has 0 saturated carbocycles. The van der Waals surface area contributed by atoms with E-state index in [2.05, 4.69) is 214 Å². The Morgan fingerprint density at radius 1 is 0.482 bits per heavy atom. The second-order valence-electron chi connectivity index (χ2n) is 17.4. The molecular formula is C53H43BN2. The normalized spacial score (nSPS) is 14.6. The summed E-state index contributed by atoms with van der Waals surface area (Å²) in [7, 11) is 0. The van der Waals surface area contributed by atoms with Gasteiger partial charge in [-0.25, -0.2) is 0 Å². The largest absolute Gasteiger partial charge is 0.376 e. The fourth-order valence-electron chi connectivity index (χ4n) is 9.82. The molecule has 2 nitrogen and oxygen atoms in total. The Hall–Kier alpha value is -6.32. The maximum absolute atomic E-state index is 2.65. The van der Waals surface area contributed by atoms with Gasteiger partial charge in [0.05, 0.1) is 5.69 Å². The van der Waals surface area contributed by atoms with Crippen molar-refractivity contribution in [3.8, 4) is 33.4 Å². The lowest BCUT2D eigenvalue weighted by Gasteiger charge is -2.51. The minimum atomic E-state index is -0.210. The molecule has 3 aliphatic heterocycles. The van der Waals surface area contributed by atoms with E-state index in [0.717, 1.165) is 0 Å². The van der Waals surface area contributed by atoms with Crippen LogP contribution >= 0.6 is 0 Å². The zero-order valence-corrected chi connectivity index (χ0v) is 32.6. The predicted octanol–water partition coefficient (Wildman–Crippen LogP) is 12.8. The van der Waals surface area contributed by atoms with E-state index in [1.165, 1.54) is 100 Å². The molecule has 0 aromatic heterocycles. The van der Waals surface area contributed by atoms with Crippen LogP contribution in [-0.2, 0) is 10.8 Å². The first kappa shape index (κ1) is 33.1. The highest BCUT2D eigenvalue weighted by molar-refractivity contribution is 6.93. The highest BCUT2D eigenvalue weighted by Gasteiger charge is 2.49. The maximum atomic E-state index is 2.65. The molecule has 11 rings (SSSR count). The van der Waals surface area contributed by atoms with Gasteiger partial charge in [0.15, 0.2) is 0 Å². The zero-order chi connectivity index (χ0) is 37.9. The summed E-state index contributed by atoms with van der Waals surface area (Å²) in [4.78, 5) is 5.29. The molecule has 0 aliphatic carbocycles. The molecule has 268 valence electrons. The second kappa shape index (κ2) is 11.8. The van der Waals surface area contributed by atoms with Crippen molar-refractivity contribution in [2.75, 3.05) is 9.71 Å². The number of hydrogen-bond acceptors (Lipinski definition) is 2. The molecule has 0 spiro atoms. The number of nitrogens with zero attached hydrogens (tertiary/aromatic N) is 2. The van der Waals surface area contributed by atoms with Crippen LogP contribution in [0.3, 0.4) is 0 Å². The summed E-state index contributed by atoms with van der Waals surface area (Å²) in [6.45, 7) is 11.9. The van der Waals surface area contributed by atoms with Gasteiger partial charge in [-0.05, 0) is 114 Å². The number of benzene rings is 8. The highest BCUT2D eigenvalue weighted by Crippen LogP contribution is 2.56. The first-order valence-corrected chi connectivity index (χ1v) is 20.0. The van der Waals surface area contributed by atoms with E-state index in [0.29, 0.717) is 0 Å².